The minimum absolute atomic E-state index is 0.176. The van der Waals surface area contributed by atoms with Gasteiger partial charge < -0.3 is 0 Å². The Balaban J connectivity index is 1.06. The molecule has 0 saturated heterocycles. The molecule has 9 aromatic carbocycles. The van der Waals surface area contributed by atoms with Crippen LogP contribution in [0.5, 0.6) is 0 Å². The lowest BCUT2D eigenvalue weighted by Gasteiger charge is -2.39. The molecule has 0 aromatic heterocycles. The van der Waals surface area contributed by atoms with Crippen LogP contribution >= 0.6 is 13.8 Å². The molecule has 60 heavy (non-hydrogen) atoms. The molecule has 0 bridgehead atoms. The molecular formula is C58H42P2. The highest BCUT2D eigenvalue weighted by molar-refractivity contribution is 7.93. The van der Waals surface area contributed by atoms with Crippen molar-refractivity contribution in [2.45, 2.75) is 12.3 Å². The Morgan fingerprint density at radius 2 is 0.950 bits per heavy atom. The van der Waals surface area contributed by atoms with Gasteiger partial charge in [-0.2, -0.15) is 0 Å². The van der Waals surface area contributed by atoms with Crippen molar-refractivity contribution in [3.05, 3.63) is 239 Å². The lowest BCUT2D eigenvalue weighted by molar-refractivity contribution is 0.891. The van der Waals surface area contributed by atoms with Crippen LogP contribution in [0, 0.1) is 0 Å². The lowest BCUT2D eigenvalue weighted by Crippen LogP contribution is -2.26. The second-order valence-corrected chi connectivity index (χ2v) is 22.8. The fourth-order valence-corrected chi connectivity index (χ4v) is 17.0. The Morgan fingerprint density at radius 1 is 0.433 bits per heavy atom. The molecule has 284 valence electrons. The Labute approximate surface area is 352 Å². The summed E-state index contributed by atoms with van der Waals surface area (Å²) in [6.45, 7) is -4.42. The summed E-state index contributed by atoms with van der Waals surface area (Å²) in [4.78, 5) is 0. The van der Waals surface area contributed by atoms with Crippen LogP contribution in [0.3, 0.4) is 0 Å². The molecule has 0 N–H and O–H groups in total. The van der Waals surface area contributed by atoms with E-state index in [2.05, 4.69) is 212 Å². The van der Waals surface area contributed by atoms with Gasteiger partial charge in [0.15, 0.2) is 0 Å². The summed E-state index contributed by atoms with van der Waals surface area (Å²) in [7, 11) is 0. The predicted octanol–water partition coefficient (Wildman–Crippen LogP) is 12.5. The van der Waals surface area contributed by atoms with E-state index in [1.54, 1.807) is 0 Å². The largest absolute Gasteiger partial charge is 0.0887 e. The van der Waals surface area contributed by atoms with Crippen LogP contribution in [-0.4, -0.2) is 12.6 Å². The van der Waals surface area contributed by atoms with E-state index in [9.17, 15) is 0 Å². The fraction of sp³-hybridized carbons (Fsp3) is 0.0345. The zero-order valence-corrected chi connectivity index (χ0v) is 35.1. The zero-order chi connectivity index (χ0) is 40.0. The average molecular weight is 801 g/mol. The van der Waals surface area contributed by atoms with Gasteiger partial charge in [0.05, 0.1) is 0 Å². The molecule has 9 aromatic rings. The smallest absolute Gasteiger partial charge is 0.0352 e. The zero-order valence-electron chi connectivity index (χ0n) is 33.3. The van der Waals surface area contributed by atoms with Crippen molar-refractivity contribution in [1.29, 1.82) is 0 Å². The molecule has 0 radical (unpaired) electrons. The Bertz CT molecular complexity index is 3330. The Kier molecular flexibility index (Phi) is 8.03. The molecule has 0 nitrogen and oxygen atoms in total. The minimum atomic E-state index is -2.22. The van der Waals surface area contributed by atoms with Gasteiger partial charge in [0.1, 0.15) is 0 Å². The van der Waals surface area contributed by atoms with E-state index in [1.807, 2.05) is 0 Å². The number of rotatable bonds is 7. The summed E-state index contributed by atoms with van der Waals surface area (Å²) in [6, 6.07) is 67.6. The molecule has 0 heterocycles. The van der Waals surface area contributed by atoms with Gasteiger partial charge in [0, 0.05) is 5.92 Å². The van der Waals surface area contributed by atoms with Gasteiger partial charge in [-0.15, -0.1) is 0 Å². The molecule has 0 amide bonds. The van der Waals surface area contributed by atoms with Crippen molar-refractivity contribution < 1.29 is 0 Å². The van der Waals surface area contributed by atoms with Crippen molar-refractivity contribution in [1.82, 2.24) is 0 Å². The second kappa shape index (κ2) is 13.6. The molecule has 2 heteroatoms. The standard InChI is InChI=1S/C58H42P2/c1-59(43-15-7-3-8-16-43,44-17-9-4-10-18-44)53-37-29-41-25-33-49-47(31-23-39-27-35-51(53)57(41)55(39)49)48-32-24-40-28-36-52-54(38-30-42-26-34-50(48)56(40)58(42)52)60(2,45-19-11-5-12-20-45)46-21-13-6-14-22-46/h3-33,35-38,58H,1-2,34H2. The van der Waals surface area contributed by atoms with Crippen molar-refractivity contribution in [3.8, 4) is 11.1 Å². The first-order valence-electron chi connectivity index (χ1n) is 20.9. The fourth-order valence-electron chi connectivity index (χ4n) is 10.7. The molecular weight excluding hydrogens is 759 g/mol. The third kappa shape index (κ3) is 5.05. The van der Waals surface area contributed by atoms with Crippen molar-refractivity contribution in [2.24, 2.45) is 0 Å². The monoisotopic (exact) mass is 800 g/mol. The molecule has 3 aliphatic rings. The average Bonchev–Trinajstić information content (AvgIpc) is 3.33. The van der Waals surface area contributed by atoms with E-state index < -0.39 is 13.8 Å². The second-order valence-electron chi connectivity index (χ2n) is 16.5. The number of hydrogen-bond donors (Lipinski definition) is 0. The summed E-state index contributed by atoms with van der Waals surface area (Å²) in [5.74, 6) is 0.176. The van der Waals surface area contributed by atoms with Gasteiger partial charge in [0.2, 0.25) is 0 Å². The first kappa shape index (κ1) is 35.5. The third-order valence-electron chi connectivity index (χ3n) is 13.6. The molecule has 1 unspecified atom stereocenters. The number of allylic oxidation sites excluding steroid dienone is 7. The van der Waals surface area contributed by atoms with Crippen molar-refractivity contribution in [2.75, 3.05) is 0 Å². The summed E-state index contributed by atoms with van der Waals surface area (Å²) < 4.78 is 0. The molecule has 0 saturated carbocycles. The van der Waals surface area contributed by atoms with Crippen LogP contribution in [0.25, 0.3) is 49.5 Å². The molecule has 1 atom stereocenters. The van der Waals surface area contributed by atoms with E-state index >= 15 is 0 Å². The van der Waals surface area contributed by atoms with Gasteiger partial charge in [-0.05, 0) is 123 Å². The van der Waals surface area contributed by atoms with Crippen LogP contribution in [0.2, 0.25) is 0 Å². The van der Waals surface area contributed by atoms with Gasteiger partial charge in [-0.25, -0.2) is 0 Å². The molecule has 0 spiro atoms. The highest BCUT2D eigenvalue weighted by Gasteiger charge is 2.37. The highest BCUT2D eigenvalue weighted by Crippen LogP contribution is 2.60. The first-order valence-corrected chi connectivity index (χ1v) is 24.9. The topological polar surface area (TPSA) is 0 Å². The van der Waals surface area contributed by atoms with Crippen LogP contribution in [0.15, 0.2) is 223 Å². The maximum atomic E-state index is 5.19. The molecule has 0 fully saturated rings. The lowest BCUT2D eigenvalue weighted by atomic mass is 9.69. The van der Waals surface area contributed by atoms with Gasteiger partial charge in [-0.1, -0.05) is 225 Å². The molecule has 12 rings (SSSR count). The maximum Gasteiger partial charge on any atom is 0.0352 e. The van der Waals surface area contributed by atoms with E-state index in [0.29, 0.717) is 0 Å². The quantitative estimate of drug-likeness (QED) is 0.111. The Hall–Kier alpha value is -6.42. The van der Waals surface area contributed by atoms with Crippen LogP contribution in [-0.2, 0) is 6.42 Å². The van der Waals surface area contributed by atoms with Gasteiger partial charge >= 0.3 is 0 Å². The normalized spacial score (nSPS) is 15.8. The van der Waals surface area contributed by atoms with Crippen molar-refractivity contribution >= 4 is 91.3 Å². The predicted molar refractivity (Wildman–Crippen MR) is 267 cm³/mol. The number of benzene rings is 9. The number of hydrogen-bond acceptors (Lipinski definition) is 0. The molecule has 0 aliphatic heterocycles. The van der Waals surface area contributed by atoms with Gasteiger partial charge in [0.25, 0.3) is 0 Å². The van der Waals surface area contributed by atoms with Crippen LogP contribution in [0.1, 0.15) is 22.6 Å². The SMILES string of the molecule is C=P(C1=C2C=Cc3ccc(-c4ccc5ccc6c(P(=C)(c7ccccc7)c7ccccc7)ccc7ccc4c5c76)c4c3C2C(=CC4)C=C1)(c1ccccc1)c1ccccc1. The summed E-state index contributed by atoms with van der Waals surface area (Å²) >= 11 is 0. The van der Waals surface area contributed by atoms with Gasteiger partial charge in [-0.3, -0.25) is 0 Å². The van der Waals surface area contributed by atoms with E-state index in [4.69, 9.17) is 12.6 Å². The van der Waals surface area contributed by atoms with Crippen LogP contribution in [0.4, 0.5) is 0 Å². The highest BCUT2D eigenvalue weighted by atomic mass is 31.2. The molecule has 3 aliphatic carbocycles. The van der Waals surface area contributed by atoms with E-state index in [0.717, 1.165) is 6.42 Å². The summed E-state index contributed by atoms with van der Waals surface area (Å²) in [6.07, 6.45) is 23.3. The first-order chi connectivity index (χ1) is 29.5. The summed E-state index contributed by atoms with van der Waals surface area (Å²) in [5, 5.41) is 15.7. The summed E-state index contributed by atoms with van der Waals surface area (Å²) in [5.41, 5.74) is 9.66. The van der Waals surface area contributed by atoms with Crippen molar-refractivity contribution in [3.63, 3.8) is 0 Å². The maximum absolute atomic E-state index is 5.19. The Morgan fingerprint density at radius 3 is 1.57 bits per heavy atom. The third-order valence-corrected chi connectivity index (χ3v) is 20.7. The van der Waals surface area contributed by atoms with E-state index in [-0.39, 0.29) is 5.92 Å². The minimum Gasteiger partial charge on any atom is -0.0887 e. The van der Waals surface area contributed by atoms with Crippen LogP contribution < -0.4 is 26.5 Å². The van der Waals surface area contributed by atoms with E-state index in [1.165, 1.54) is 103 Å².